The van der Waals surface area contributed by atoms with Crippen LogP contribution < -0.4 is 0 Å². The van der Waals surface area contributed by atoms with Crippen LogP contribution in [-0.2, 0) is 5.41 Å². The van der Waals surface area contributed by atoms with E-state index in [4.69, 9.17) is 4.42 Å². The van der Waals surface area contributed by atoms with Crippen molar-refractivity contribution in [2.75, 3.05) is 0 Å². The van der Waals surface area contributed by atoms with Crippen LogP contribution in [0.5, 0.6) is 0 Å². The lowest BCUT2D eigenvalue weighted by Gasteiger charge is -2.43. The average Bonchev–Trinajstić information content (AvgIpc) is 3.76. The van der Waals surface area contributed by atoms with Crippen LogP contribution in [0.1, 0.15) is 88.2 Å². The van der Waals surface area contributed by atoms with Crippen LogP contribution >= 0.6 is 0 Å². The van der Waals surface area contributed by atoms with Gasteiger partial charge in [-0.2, -0.15) is 10.5 Å². The van der Waals surface area contributed by atoms with Gasteiger partial charge in [0, 0.05) is 38.8 Å². The molecular formula is C45H29N3O. The first-order valence-electron chi connectivity index (χ1n) is 17.0. The lowest BCUT2D eigenvalue weighted by atomic mass is 9.59. The minimum absolute atomic E-state index is 0.000730. The smallest absolute Gasteiger partial charge is 0.145 e. The lowest BCUT2D eigenvalue weighted by Crippen LogP contribution is -2.28. The first kappa shape index (κ1) is 26.9. The Morgan fingerprint density at radius 2 is 1.20 bits per heavy atom. The van der Waals surface area contributed by atoms with Gasteiger partial charge < -0.3 is 8.82 Å². The molecule has 9 aromatic rings. The van der Waals surface area contributed by atoms with Gasteiger partial charge in [-0.3, -0.25) is 0 Å². The van der Waals surface area contributed by atoms with Crippen molar-refractivity contribution >= 4 is 60.0 Å². The Labute approximate surface area is 282 Å². The van der Waals surface area contributed by atoms with E-state index in [9.17, 15) is 10.5 Å². The molecule has 3 heterocycles. The normalized spacial score (nSPS) is 16.5. The largest absolute Gasteiger partial charge is 0.455 e. The molecule has 4 heteroatoms. The summed E-state index contributed by atoms with van der Waals surface area (Å²) in [5, 5.41) is 28.1. The number of hydrogen-bond donors (Lipinski definition) is 0. The van der Waals surface area contributed by atoms with Crippen LogP contribution in [0.15, 0.2) is 95.4 Å². The maximum Gasteiger partial charge on any atom is 0.145 e. The van der Waals surface area contributed by atoms with Gasteiger partial charge >= 0.3 is 0 Å². The Balaban J connectivity index is 1.46. The van der Waals surface area contributed by atoms with E-state index in [0.29, 0.717) is 11.1 Å². The van der Waals surface area contributed by atoms with E-state index in [-0.39, 0.29) is 17.3 Å². The van der Waals surface area contributed by atoms with E-state index < -0.39 is 0 Å². The lowest BCUT2D eigenvalue weighted by molar-refractivity contribution is 0.592. The second kappa shape index (κ2) is 8.67. The Morgan fingerprint density at radius 3 is 1.84 bits per heavy atom. The second-order valence-corrected chi connectivity index (χ2v) is 15.0. The molecule has 0 unspecified atom stereocenters. The quantitative estimate of drug-likeness (QED) is 0.168. The third kappa shape index (κ3) is 3.01. The molecule has 4 nitrogen and oxygen atoms in total. The number of fused-ring (bicyclic) bond motifs is 10. The Bertz CT molecular complexity index is 3030. The summed E-state index contributed by atoms with van der Waals surface area (Å²) in [5.74, 6) is -0.0161. The van der Waals surface area contributed by atoms with Crippen molar-refractivity contribution in [3.63, 3.8) is 0 Å². The molecule has 0 N–H and O–H groups in total. The van der Waals surface area contributed by atoms with E-state index in [1.54, 1.807) is 0 Å². The molecule has 3 aliphatic rings. The minimum Gasteiger partial charge on any atom is -0.455 e. The van der Waals surface area contributed by atoms with Gasteiger partial charge in [-0.25, -0.2) is 0 Å². The maximum absolute atomic E-state index is 10.9. The first-order chi connectivity index (χ1) is 23.8. The summed E-state index contributed by atoms with van der Waals surface area (Å²) in [6, 6.07) is 37.6. The van der Waals surface area contributed by atoms with Crippen molar-refractivity contribution in [3.05, 3.63) is 147 Å². The third-order valence-corrected chi connectivity index (χ3v) is 11.6. The van der Waals surface area contributed by atoms with Gasteiger partial charge in [0.05, 0.1) is 45.2 Å². The van der Waals surface area contributed by atoms with Crippen LogP contribution in [0.2, 0.25) is 0 Å². The molecule has 2 bridgehead atoms. The molecule has 230 valence electrons. The fourth-order valence-electron chi connectivity index (χ4n) is 10.0. The zero-order valence-electron chi connectivity index (χ0n) is 27.6. The molecule has 0 fully saturated rings. The van der Waals surface area contributed by atoms with Gasteiger partial charge in [0.15, 0.2) is 0 Å². The summed E-state index contributed by atoms with van der Waals surface area (Å²) in [6.07, 6.45) is 0. The van der Waals surface area contributed by atoms with Crippen molar-refractivity contribution in [2.24, 2.45) is 0 Å². The Morgan fingerprint density at radius 1 is 0.633 bits per heavy atom. The van der Waals surface area contributed by atoms with E-state index in [2.05, 4.69) is 129 Å². The average molecular weight is 628 g/mol. The summed E-state index contributed by atoms with van der Waals surface area (Å²) in [7, 11) is 0. The second-order valence-electron chi connectivity index (χ2n) is 15.0. The van der Waals surface area contributed by atoms with E-state index in [1.807, 2.05) is 6.07 Å². The molecule has 3 aliphatic carbocycles. The number of rotatable bonds is 0. The number of benzene rings is 6. The SMILES string of the molecule is Cc1c(C#N)cc2c(c1C(C)(C)C)c1c3oc4ccccc4c3cc3c4c5c(c(C#N)cc4n2c31)C1c2ccccc2C5c2ccccc21. The van der Waals surface area contributed by atoms with Crippen LogP contribution in [0.3, 0.4) is 0 Å². The highest BCUT2D eigenvalue weighted by atomic mass is 16.3. The summed E-state index contributed by atoms with van der Waals surface area (Å²) < 4.78 is 9.15. The predicted molar refractivity (Wildman–Crippen MR) is 196 cm³/mol. The molecular weight excluding hydrogens is 599 g/mol. The van der Waals surface area contributed by atoms with Gasteiger partial charge in [-0.15, -0.1) is 0 Å². The van der Waals surface area contributed by atoms with Crippen molar-refractivity contribution in [3.8, 4) is 12.1 Å². The molecule has 0 aliphatic heterocycles. The molecule has 0 radical (unpaired) electrons. The number of aromatic nitrogens is 1. The molecule has 3 aromatic heterocycles. The zero-order valence-corrected chi connectivity index (χ0v) is 27.6. The molecule has 0 saturated carbocycles. The highest BCUT2D eigenvalue weighted by Crippen LogP contribution is 2.60. The Kier molecular flexibility index (Phi) is 4.76. The van der Waals surface area contributed by atoms with Crippen molar-refractivity contribution < 1.29 is 4.42 Å². The van der Waals surface area contributed by atoms with Gasteiger partial charge in [0.1, 0.15) is 11.2 Å². The number of hydrogen-bond acceptors (Lipinski definition) is 3. The predicted octanol–water partition coefficient (Wildman–Crippen LogP) is 11.1. The number of nitrogens with zero attached hydrogens (tertiary/aromatic N) is 3. The van der Waals surface area contributed by atoms with Crippen LogP contribution in [0.25, 0.3) is 60.0 Å². The summed E-state index contributed by atoms with van der Waals surface area (Å²) in [4.78, 5) is 0. The molecule has 49 heavy (non-hydrogen) atoms. The molecule has 0 spiro atoms. The Hall–Kier alpha value is -6.10. The molecule has 12 rings (SSSR count). The van der Waals surface area contributed by atoms with Gasteiger partial charge in [-0.1, -0.05) is 87.5 Å². The van der Waals surface area contributed by atoms with Gasteiger partial charge in [0.25, 0.3) is 0 Å². The van der Waals surface area contributed by atoms with E-state index in [0.717, 1.165) is 66.0 Å². The van der Waals surface area contributed by atoms with Crippen molar-refractivity contribution in [1.29, 1.82) is 10.5 Å². The minimum atomic E-state index is -0.245. The van der Waals surface area contributed by atoms with Crippen LogP contribution in [0.4, 0.5) is 0 Å². The van der Waals surface area contributed by atoms with E-state index in [1.165, 1.54) is 38.6 Å². The first-order valence-corrected chi connectivity index (χ1v) is 17.0. The fourth-order valence-corrected chi connectivity index (χ4v) is 10.0. The number of furan rings is 1. The standard InChI is InChI=1S/C45H29N3O/c1-22-23(20-46)17-33-39(42(22)45(2,3)4)41-43-31(19-30-25-11-9-10-16-34(25)49-44(30)41)38-32(48(33)43)18-24(21-47)35-36-26-12-5-7-14-28(26)37(40(35)38)29-15-8-6-13-27(29)36/h5-19,36-37H,1-4H3. The summed E-state index contributed by atoms with van der Waals surface area (Å²) in [5.41, 5.74) is 15.7. The highest BCUT2D eigenvalue weighted by Gasteiger charge is 2.44. The number of nitriles is 2. The van der Waals surface area contributed by atoms with Gasteiger partial charge in [-0.05, 0) is 81.1 Å². The topological polar surface area (TPSA) is 65.1 Å². The summed E-state index contributed by atoms with van der Waals surface area (Å²) in [6.45, 7) is 8.77. The molecule has 0 saturated heterocycles. The molecule has 6 aromatic carbocycles. The zero-order chi connectivity index (χ0) is 33.1. The van der Waals surface area contributed by atoms with Gasteiger partial charge in [0.2, 0.25) is 0 Å². The third-order valence-electron chi connectivity index (χ3n) is 11.6. The van der Waals surface area contributed by atoms with Crippen LogP contribution in [0, 0.1) is 29.6 Å². The fraction of sp³-hybridized carbons (Fsp3) is 0.156. The van der Waals surface area contributed by atoms with E-state index >= 15 is 0 Å². The van der Waals surface area contributed by atoms with Crippen molar-refractivity contribution in [2.45, 2.75) is 44.9 Å². The summed E-state index contributed by atoms with van der Waals surface area (Å²) >= 11 is 0. The number of para-hydroxylation sites is 1. The maximum atomic E-state index is 10.9. The monoisotopic (exact) mass is 627 g/mol. The van der Waals surface area contributed by atoms with Crippen molar-refractivity contribution in [1.82, 2.24) is 4.40 Å². The molecule has 0 amide bonds. The molecule has 0 atom stereocenters. The highest BCUT2D eigenvalue weighted by molar-refractivity contribution is 6.34. The van der Waals surface area contributed by atoms with Crippen LogP contribution in [-0.4, -0.2) is 4.40 Å².